The van der Waals surface area contributed by atoms with Crippen LogP contribution in [0.1, 0.15) is 57.2 Å². The van der Waals surface area contributed by atoms with Crippen molar-refractivity contribution >= 4 is 11.8 Å². The summed E-state index contributed by atoms with van der Waals surface area (Å²) in [6.07, 6.45) is 3.46. The van der Waals surface area contributed by atoms with Crippen molar-refractivity contribution in [3.05, 3.63) is 71.3 Å². The molecule has 1 atom stereocenters. The quantitative estimate of drug-likeness (QED) is 0.534. The van der Waals surface area contributed by atoms with Gasteiger partial charge in [0.1, 0.15) is 6.04 Å². The zero-order chi connectivity index (χ0) is 22.6. The molecule has 0 spiro atoms. The fourth-order valence-electron chi connectivity index (χ4n) is 3.65. The highest BCUT2D eigenvalue weighted by Gasteiger charge is 2.28. The molecule has 2 amide bonds. The number of hydrogen-bond acceptors (Lipinski definition) is 2. The average Bonchev–Trinajstić information content (AvgIpc) is 2.79. The maximum atomic E-state index is 13.2. The van der Waals surface area contributed by atoms with Crippen molar-refractivity contribution in [2.24, 2.45) is 5.92 Å². The van der Waals surface area contributed by atoms with Crippen LogP contribution in [-0.2, 0) is 28.9 Å². The summed E-state index contributed by atoms with van der Waals surface area (Å²) in [6, 6.07) is 18.2. The summed E-state index contributed by atoms with van der Waals surface area (Å²) in [5, 5.41) is 3.02. The van der Waals surface area contributed by atoms with Gasteiger partial charge in [0.2, 0.25) is 11.8 Å². The van der Waals surface area contributed by atoms with Gasteiger partial charge in [-0.2, -0.15) is 0 Å². The van der Waals surface area contributed by atoms with Gasteiger partial charge in [0, 0.05) is 19.5 Å². The lowest BCUT2D eigenvalue weighted by molar-refractivity contribution is -0.140. The van der Waals surface area contributed by atoms with Crippen molar-refractivity contribution < 1.29 is 9.59 Å². The van der Waals surface area contributed by atoms with Crippen LogP contribution in [0.2, 0.25) is 0 Å². The van der Waals surface area contributed by atoms with Gasteiger partial charge in [-0.3, -0.25) is 9.59 Å². The molecule has 2 aromatic rings. The maximum absolute atomic E-state index is 13.2. The van der Waals surface area contributed by atoms with E-state index in [1.807, 2.05) is 25.1 Å². The van der Waals surface area contributed by atoms with E-state index in [4.69, 9.17) is 0 Å². The van der Waals surface area contributed by atoms with Crippen molar-refractivity contribution in [2.75, 3.05) is 13.1 Å². The van der Waals surface area contributed by atoms with E-state index in [-0.39, 0.29) is 11.8 Å². The second-order valence-corrected chi connectivity index (χ2v) is 8.56. The Kier molecular flexibility index (Phi) is 10.3. The number of carbonyl (C=O) groups is 2. The molecule has 0 saturated carbocycles. The Bertz CT molecular complexity index is 800. The summed E-state index contributed by atoms with van der Waals surface area (Å²) < 4.78 is 0. The number of hydrogen-bond donors (Lipinski definition) is 1. The van der Waals surface area contributed by atoms with Crippen LogP contribution in [0.25, 0.3) is 0 Å². The number of benzene rings is 2. The van der Waals surface area contributed by atoms with Gasteiger partial charge in [0.25, 0.3) is 0 Å². The minimum Gasteiger partial charge on any atom is -0.354 e. The van der Waals surface area contributed by atoms with Gasteiger partial charge < -0.3 is 10.2 Å². The van der Waals surface area contributed by atoms with Crippen LogP contribution in [0.4, 0.5) is 0 Å². The van der Waals surface area contributed by atoms with Crippen LogP contribution in [0.3, 0.4) is 0 Å². The highest BCUT2D eigenvalue weighted by molar-refractivity contribution is 5.87. The van der Waals surface area contributed by atoms with Crippen molar-refractivity contribution in [3.8, 4) is 0 Å². The van der Waals surface area contributed by atoms with Crippen LogP contribution in [0.15, 0.2) is 54.6 Å². The molecule has 0 fully saturated rings. The Hall–Kier alpha value is -2.62. The molecule has 0 unspecified atom stereocenters. The highest BCUT2D eigenvalue weighted by Crippen LogP contribution is 2.14. The molecule has 0 aromatic heterocycles. The van der Waals surface area contributed by atoms with Gasteiger partial charge in [-0.1, -0.05) is 82.3 Å². The number of nitrogens with one attached hydrogen (secondary N) is 1. The first-order valence-electron chi connectivity index (χ1n) is 11.6. The normalized spacial score (nSPS) is 11.9. The number of amides is 2. The van der Waals surface area contributed by atoms with Gasteiger partial charge in [0.05, 0.1) is 0 Å². The molecule has 2 aromatic carbocycles. The maximum Gasteiger partial charge on any atom is 0.242 e. The Morgan fingerprint density at radius 1 is 0.871 bits per heavy atom. The van der Waals surface area contributed by atoms with Crippen molar-refractivity contribution in [2.45, 2.75) is 65.8 Å². The third-order valence-corrected chi connectivity index (χ3v) is 5.61. The molecule has 1 N–H and O–H groups in total. The van der Waals surface area contributed by atoms with E-state index < -0.39 is 6.04 Å². The molecule has 2 rings (SSSR count). The van der Waals surface area contributed by atoms with E-state index in [2.05, 4.69) is 62.5 Å². The second kappa shape index (κ2) is 12.9. The van der Waals surface area contributed by atoms with Crippen LogP contribution in [-0.4, -0.2) is 35.8 Å². The molecule has 0 radical (unpaired) electrons. The molecule has 0 heterocycles. The summed E-state index contributed by atoms with van der Waals surface area (Å²) in [6.45, 7) is 9.43. The van der Waals surface area contributed by atoms with Crippen molar-refractivity contribution in [3.63, 3.8) is 0 Å². The molecule has 0 saturated heterocycles. The van der Waals surface area contributed by atoms with Gasteiger partial charge >= 0.3 is 0 Å². The van der Waals surface area contributed by atoms with Crippen LogP contribution in [0.5, 0.6) is 0 Å². The zero-order valence-electron chi connectivity index (χ0n) is 19.6. The van der Waals surface area contributed by atoms with E-state index in [0.717, 1.165) is 18.4 Å². The number of carbonyl (C=O) groups excluding carboxylic acids is 2. The van der Waals surface area contributed by atoms with E-state index in [1.54, 1.807) is 4.90 Å². The molecule has 4 heteroatoms. The molecule has 4 nitrogen and oxygen atoms in total. The first kappa shape index (κ1) is 24.6. The number of rotatable bonds is 12. The molecule has 168 valence electrons. The lowest BCUT2D eigenvalue weighted by atomic mass is 10.0. The fraction of sp³-hybridized carbons (Fsp3) is 0.481. The molecule has 0 aliphatic rings. The zero-order valence-corrected chi connectivity index (χ0v) is 19.6. The van der Waals surface area contributed by atoms with Gasteiger partial charge in [0.15, 0.2) is 0 Å². The lowest BCUT2D eigenvalue weighted by Crippen LogP contribution is -2.50. The summed E-state index contributed by atoms with van der Waals surface area (Å²) in [7, 11) is 0. The predicted molar refractivity (Wildman–Crippen MR) is 128 cm³/mol. The minimum absolute atomic E-state index is 0.0436. The topological polar surface area (TPSA) is 49.4 Å². The predicted octanol–water partition coefficient (Wildman–Crippen LogP) is 4.80. The van der Waals surface area contributed by atoms with Gasteiger partial charge in [-0.05, 0) is 48.3 Å². The molecular formula is C27H38N2O2. The standard InChI is InChI=1S/C27H38N2O2/c1-5-22-12-14-24(15-13-22)16-17-26(30)29(19-18-23-10-8-7-9-11-23)25(6-2)27(31)28-20-21(3)4/h7-15,21,25H,5-6,16-20H2,1-4H3,(H,28,31)/t25-/m0/s1. The van der Waals surface area contributed by atoms with Crippen molar-refractivity contribution in [1.29, 1.82) is 0 Å². The summed E-state index contributed by atoms with van der Waals surface area (Å²) in [5.41, 5.74) is 3.63. The van der Waals surface area contributed by atoms with E-state index in [1.165, 1.54) is 11.1 Å². The summed E-state index contributed by atoms with van der Waals surface area (Å²) in [4.78, 5) is 27.9. The molecule has 0 bridgehead atoms. The molecule has 31 heavy (non-hydrogen) atoms. The number of aryl methyl sites for hydroxylation is 2. The lowest BCUT2D eigenvalue weighted by Gasteiger charge is -2.31. The molecule has 0 aliphatic heterocycles. The number of nitrogens with zero attached hydrogens (tertiary/aromatic N) is 1. The van der Waals surface area contributed by atoms with E-state index in [9.17, 15) is 9.59 Å². The second-order valence-electron chi connectivity index (χ2n) is 8.56. The molecular weight excluding hydrogens is 384 g/mol. The van der Waals surface area contributed by atoms with Crippen LogP contribution < -0.4 is 5.32 Å². The molecule has 0 aliphatic carbocycles. The van der Waals surface area contributed by atoms with E-state index in [0.29, 0.717) is 38.3 Å². The summed E-state index contributed by atoms with van der Waals surface area (Å²) in [5.74, 6) is 0.368. The Balaban J connectivity index is 2.09. The first-order valence-corrected chi connectivity index (χ1v) is 11.6. The highest BCUT2D eigenvalue weighted by atomic mass is 16.2. The minimum atomic E-state index is -0.433. The smallest absolute Gasteiger partial charge is 0.242 e. The Morgan fingerprint density at radius 3 is 2.06 bits per heavy atom. The Labute approximate surface area is 188 Å². The largest absolute Gasteiger partial charge is 0.354 e. The third kappa shape index (κ3) is 8.20. The third-order valence-electron chi connectivity index (χ3n) is 5.61. The van der Waals surface area contributed by atoms with Crippen LogP contribution >= 0.6 is 0 Å². The fourth-order valence-corrected chi connectivity index (χ4v) is 3.65. The van der Waals surface area contributed by atoms with E-state index >= 15 is 0 Å². The monoisotopic (exact) mass is 422 g/mol. The average molecular weight is 423 g/mol. The van der Waals surface area contributed by atoms with Gasteiger partial charge in [-0.15, -0.1) is 0 Å². The SMILES string of the molecule is CCc1ccc(CCC(=O)N(CCc2ccccc2)[C@@H](CC)C(=O)NCC(C)C)cc1. The van der Waals surface area contributed by atoms with Crippen molar-refractivity contribution in [1.82, 2.24) is 10.2 Å². The van der Waals surface area contributed by atoms with Gasteiger partial charge in [-0.25, -0.2) is 0 Å². The Morgan fingerprint density at radius 2 is 1.48 bits per heavy atom. The van der Waals surface area contributed by atoms with Crippen LogP contribution in [0, 0.1) is 5.92 Å². The summed E-state index contributed by atoms with van der Waals surface area (Å²) >= 11 is 0. The first-order chi connectivity index (χ1) is 14.9.